The fourth-order valence-electron chi connectivity index (χ4n) is 3.72. The number of nitrogens with one attached hydrogen (secondary N) is 2. The molecule has 7 nitrogen and oxygen atoms in total. The van der Waals surface area contributed by atoms with Crippen LogP contribution >= 0.6 is 0 Å². The summed E-state index contributed by atoms with van der Waals surface area (Å²) in [6.45, 7) is 13.7. The number of ether oxygens (including phenoxy) is 1. The van der Waals surface area contributed by atoms with Crippen LogP contribution in [0.25, 0.3) is 5.69 Å². The average Bonchev–Trinajstić information content (AvgIpc) is 3.03. The first-order valence-electron chi connectivity index (χ1n) is 10.3. The molecule has 158 valence electrons. The van der Waals surface area contributed by atoms with Crippen LogP contribution in [-0.4, -0.2) is 66.1 Å². The molecule has 0 spiro atoms. The number of aliphatic imine (C=N–C) groups is 1. The summed E-state index contributed by atoms with van der Waals surface area (Å²) in [5.74, 6) is 0.803. The number of hydrogen-bond acceptors (Lipinski definition) is 4. The van der Waals surface area contributed by atoms with Crippen molar-refractivity contribution in [1.82, 2.24) is 25.3 Å². The number of morpholine rings is 1. The number of nitrogens with zero attached hydrogens (tertiary/aromatic N) is 4. The van der Waals surface area contributed by atoms with Gasteiger partial charge in [-0.2, -0.15) is 5.10 Å². The van der Waals surface area contributed by atoms with E-state index in [9.17, 15) is 0 Å². The van der Waals surface area contributed by atoms with Crippen molar-refractivity contribution >= 4 is 5.96 Å². The second kappa shape index (κ2) is 9.41. The molecule has 1 aromatic carbocycles. The van der Waals surface area contributed by atoms with E-state index >= 15 is 0 Å². The van der Waals surface area contributed by atoms with Crippen LogP contribution in [0.1, 0.15) is 30.8 Å². The Bertz CT molecular complexity index is 821. The van der Waals surface area contributed by atoms with Crippen LogP contribution in [0.2, 0.25) is 0 Å². The van der Waals surface area contributed by atoms with Crippen LogP contribution < -0.4 is 10.6 Å². The molecule has 7 heteroatoms. The molecule has 1 aliphatic rings. The minimum atomic E-state index is 0.0332. The third kappa shape index (κ3) is 5.16. The first-order valence-corrected chi connectivity index (χ1v) is 10.3. The van der Waals surface area contributed by atoms with E-state index in [0.29, 0.717) is 6.54 Å². The number of aromatic nitrogens is 2. The van der Waals surface area contributed by atoms with E-state index in [1.807, 2.05) is 29.9 Å². The molecule has 0 unspecified atom stereocenters. The first kappa shape index (κ1) is 21.3. The highest BCUT2D eigenvalue weighted by Crippen LogP contribution is 2.18. The minimum absolute atomic E-state index is 0.0332. The van der Waals surface area contributed by atoms with Gasteiger partial charge in [-0.3, -0.25) is 9.89 Å². The van der Waals surface area contributed by atoms with Crippen molar-refractivity contribution in [2.75, 3.05) is 39.9 Å². The number of benzene rings is 1. The maximum absolute atomic E-state index is 5.48. The second-order valence-corrected chi connectivity index (χ2v) is 8.09. The van der Waals surface area contributed by atoms with E-state index in [0.717, 1.165) is 55.9 Å². The number of guanidine groups is 1. The van der Waals surface area contributed by atoms with Crippen molar-refractivity contribution < 1.29 is 4.74 Å². The van der Waals surface area contributed by atoms with Crippen LogP contribution in [0.5, 0.6) is 0 Å². The number of hydrogen-bond donors (Lipinski definition) is 2. The zero-order chi connectivity index (χ0) is 20.9. The van der Waals surface area contributed by atoms with Crippen molar-refractivity contribution in [3.8, 4) is 5.69 Å². The van der Waals surface area contributed by atoms with E-state index in [4.69, 9.17) is 9.84 Å². The molecule has 0 aliphatic carbocycles. The molecule has 2 N–H and O–H groups in total. The summed E-state index contributed by atoms with van der Waals surface area (Å²) >= 11 is 0. The number of aryl methyl sites for hydroxylation is 1. The molecule has 1 aliphatic heterocycles. The Morgan fingerprint density at radius 1 is 1.14 bits per heavy atom. The van der Waals surface area contributed by atoms with Gasteiger partial charge in [0.1, 0.15) is 0 Å². The molecule has 1 saturated heterocycles. The molecule has 2 aromatic rings. The predicted molar refractivity (Wildman–Crippen MR) is 118 cm³/mol. The topological polar surface area (TPSA) is 66.7 Å². The van der Waals surface area contributed by atoms with E-state index in [1.54, 1.807) is 0 Å². The van der Waals surface area contributed by atoms with Crippen molar-refractivity contribution in [1.29, 1.82) is 0 Å². The molecule has 0 radical (unpaired) electrons. The van der Waals surface area contributed by atoms with Gasteiger partial charge in [0, 0.05) is 50.0 Å². The van der Waals surface area contributed by atoms with Gasteiger partial charge in [0.2, 0.25) is 0 Å². The molecule has 0 saturated carbocycles. The summed E-state index contributed by atoms with van der Waals surface area (Å²) in [6.07, 6.45) is 0. The summed E-state index contributed by atoms with van der Waals surface area (Å²) in [5.41, 5.74) is 4.48. The molecule has 0 amide bonds. The highest BCUT2D eigenvalue weighted by atomic mass is 16.5. The molecular weight excluding hydrogens is 364 g/mol. The molecular formula is C22H34N6O. The van der Waals surface area contributed by atoms with Gasteiger partial charge in [0.05, 0.1) is 24.6 Å². The van der Waals surface area contributed by atoms with Gasteiger partial charge in [0.15, 0.2) is 5.96 Å². The molecule has 1 fully saturated rings. The number of para-hydroxylation sites is 1. The summed E-state index contributed by atoms with van der Waals surface area (Å²) < 4.78 is 7.48. The maximum Gasteiger partial charge on any atom is 0.191 e. The van der Waals surface area contributed by atoms with Crippen molar-refractivity contribution in [3.05, 3.63) is 47.3 Å². The van der Waals surface area contributed by atoms with Crippen LogP contribution in [0.3, 0.4) is 0 Å². The van der Waals surface area contributed by atoms with Crippen LogP contribution in [0.15, 0.2) is 35.3 Å². The van der Waals surface area contributed by atoms with E-state index in [-0.39, 0.29) is 5.54 Å². The molecule has 0 atom stereocenters. The standard InChI is InChI=1S/C22H34N6O/c1-17-20(18(2)28(26-17)19-9-7-6-8-10-19)15-24-21(23-5)25-16-22(3,4)27-11-13-29-14-12-27/h6-10H,11-16H2,1-5H3,(H2,23,24,25). The Hall–Kier alpha value is -2.38. The average molecular weight is 399 g/mol. The van der Waals surface area contributed by atoms with Gasteiger partial charge < -0.3 is 15.4 Å². The van der Waals surface area contributed by atoms with Gasteiger partial charge in [-0.05, 0) is 39.8 Å². The SMILES string of the molecule is CN=C(NCc1c(C)nn(-c2ccccc2)c1C)NCC(C)(C)N1CCOCC1. The normalized spacial score (nSPS) is 16.1. The highest BCUT2D eigenvalue weighted by molar-refractivity contribution is 5.79. The third-order valence-corrected chi connectivity index (χ3v) is 5.65. The lowest BCUT2D eigenvalue weighted by molar-refractivity contribution is -0.00834. The van der Waals surface area contributed by atoms with Gasteiger partial charge in [-0.25, -0.2) is 4.68 Å². The van der Waals surface area contributed by atoms with Crippen molar-refractivity contribution in [2.45, 2.75) is 39.8 Å². The Morgan fingerprint density at radius 3 is 2.48 bits per heavy atom. The van der Waals surface area contributed by atoms with Gasteiger partial charge in [-0.15, -0.1) is 0 Å². The number of rotatable bonds is 6. The fourth-order valence-corrected chi connectivity index (χ4v) is 3.72. The van der Waals surface area contributed by atoms with E-state index in [2.05, 4.69) is 60.4 Å². The quantitative estimate of drug-likeness (QED) is 0.577. The van der Waals surface area contributed by atoms with Gasteiger partial charge in [0.25, 0.3) is 0 Å². The monoisotopic (exact) mass is 398 g/mol. The Kier molecular flexibility index (Phi) is 6.92. The molecule has 0 bridgehead atoms. The van der Waals surface area contributed by atoms with E-state index in [1.165, 1.54) is 5.56 Å². The Balaban J connectivity index is 1.60. The fraction of sp³-hybridized carbons (Fsp3) is 0.545. The minimum Gasteiger partial charge on any atom is -0.379 e. The zero-order valence-electron chi connectivity index (χ0n) is 18.3. The summed E-state index contributed by atoms with van der Waals surface area (Å²) in [5, 5.41) is 11.7. The Labute approximate surface area is 174 Å². The largest absolute Gasteiger partial charge is 0.379 e. The van der Waals surface area contributed by atoms with Crippen molar-refractivity contribution in [3.63, 3.8) is 0 Å². The zero-order valence-corrected chi connectivity index (χ0v) is 18.3. The first-order chi connectivity index (χ1) is 13.9. The van der Waals surface area contributed by atoms with Gasteiger partial charge in [-0.1, -0.05) is 18.2 Å². The van der Waals surface area contributed by atoms with E-state index < -0.39 is 0 Å². The highest BCUT2D eigenvalue weighted by Gasteiger charge is 2.28. The summed E-state index contributed by atoms with van der Waals surface area (Å²) in [4.78, 5) is 6.87. The lowest BCUT2D eigenvalue weighted by Gasteiger charge is -2.41. The van der Waals surface area contributed by atoms with Crippen LogP contribution in [-0.2, 0) is 11.3 Å². The van der Waals surface area contributed by atoms with Crippen molar-refractivity contribution in [2.24, 2.45) is 4.99 Å². The lowest BCUT2D eigenvalue weighted by Crippen LogP contribution is -2.56. The van der Waals surface area contributed by atoms with Crippen LogP contribution in [0.4, 0.5) is 0 Å². The molecule has 29 heavy (non-hydrogen) atoms. The summed E-state index contributed by atoms with van der Waals surface area (Å²) in [7, 11) is 1.81. The van der Waals surface area contributed by atoms with Crippen LogP contribution in [0, 0.1) is 13.8 Å². The Morgan fingerprint density at radius 2 is 1.83 bits per heavy atom. The maximum atomic E-state index is 5.48. The second-order valence-electron chi connectivity index (χ2n) is 8.09. The molecule has 1 aromatic heterocycles. The summed E-state index contributed by atoms with van der Waals surface area (Å²) in [6, 6.07) is 10.2. The molecule has 2 heterocycles. The third-order valence-electron chi connectivity index (χ3n) is 5.65. The lowest BCUT2D eigenvalue weighted by atomic mass is 10.0. The predicted octanol–water partition coefficient (Wildman–Crippen LogP) is 2.26. The smallest absolute Gasteiger partial charge is 0.191 e. The molecule has 3 rings (SSSR count). The van der Waals surface area contributed by atoms with Gasteiger partial charge >= 0.3 is 0 Å².